The zero-order valence-corrected chi connectivity index (χ0v) is 11.5. The minimum Gasteiger partial charge on any atom is -0.379 e. The first-order valence-corrected chi connectivity index (χ1v) is 6.63. The van der Waals surface area contributed by atoms with E-state index in [-0.39, 0.29) is 5.11 Å². The fraction of sp³-hybridized carbons (Fsp3) is 0.385. The molecule has 0 bridgehead atoms. The first kappa shape index (κ1) is 13.9. The Balaban J connectivity index is 2.02. The number of hydrogen-bond acceptors (Lipinski definition) is 4. The molecule has 102 valence electrons. The average molecular weight is 278 g/mol. The standard InChI is InChI=1S/C13H18N4OS/c14-13(19)16-15-9-11-3-1-2-4-12(11)10-17-5-7-18-8-6-17/h1-4,9H,5-8,10H2,(H3,14,16,19). The Hall–Kier alpha value is -1.50. The topological polar surface area (TPSA) is 62.9 Å². The van der Waals surface area contributed by atoms with Crippen LogP contribution in [0.3, 0.4) is 0 Å². The van der Waals surface area contributed by atoms with Crippen molar-refractivity contribution in [3.8, 4) is 0 Å². The number of benzene rings is 1. The van der Waals surface area contributed by atoms with Crippen molar-refractivity contribution in [2.24, 2.45) is 10.8 Å². The van der Waals surface area contributed by atoms with Crippen molar-refractivity contribution in [3.63, 3.8) is 0 Å². The van der Waals surface area contributed by atoms with Crippen LogP contribution in [-0.4, -0.2) is 42.5 Å². The summed E-state index contributed by atoms with van der Waals surface area (Å²) in [6, 6.07) is 8.16. The largest absolute Gasteiger partial charge is 0.379 e. The molecule has 19 heavy (non-hydrogen) atoms. The molecule has 0 unspecified atom stereocenters. The van der Waals surface area contributed by atoms with Gasteiger partial charge in [0.25, 0.3) is 0 Å². The monoisotopic (exact) mass is 278 g/mol. The van der Waals surface area contributed by atoms with Gasteiger partial charge in [-0.15, -0.1) is 0 Å². The Kier molecular flexibility index (Phi) is 5.26. The van der Waals surface area contributed by atoms with E-state index >= 15 is 0 Å². The van der Waals surface area contributed by atoms with Gasteiger partial charge in [0.15, 0.2) is 5.11 Å². The van der Waals surface area contributed by atoms with Crippen molar-refractivity contribution in [1.82, 2.24) is 10.3 Å². The third-order valence-corrected chi connectivity index (χ3v) is 3.02. The highest BCUT2D eigenvalue weighted by Crippen LogP contribution is 2.11. The molecular formula is C13H18N4OS. The van der Waals surface area contributed by atoms with Crippen molar-refractivity contribution < 1.29 is 4.74 Å². The number of hydrogen-bond donors (Lipinski definition) is 2. The van der Waals surface area contributed by atoms with Crippen LogP contribution in [0, 0.1) is 0 Å². The maximum absolute atomic E-state index is 5.35. The average Bonchev–Trinajstić information content (AvgIpc) is 2.41. The van der Waals surface area contributed by atoms with Gasteiger partial charge in [-0.3, -0.25) is 10.3 Å². The lowest BCUT2D eigenvalue weighted by Gasteiger charge is -2.27. The number of morpholine rings is 1. The molecule has 1 aliphatic rings. The van der Waals surface area contributed by atoms with Gasteiger partial charge >= 0.3 is 0 Å². The summed E-state index contributed by atoms with van der Waals surface area (Å²) in [6.45, 7) is 4.45. The van der Waals surface area contributed by atoms with E-state index in [0.29, 0.717) is 0 Å². The van der Waals surface area contributed by atoms with E-state index in [4.69, 9.17) is 22.7 Å². The van der Waals surface area contributed by atoms with Crippen molar-refractivity contribution >= 4 is 23.5 Å². The second-order valence-corrected chi connectivity index (χ2v) is 4.76. The lowest BCUT2D eigenvalue weighted by Crippen LogP contribution is -2.35. The molecule has 0 aliphatic carbocycles. The molecule has 0 spiro atoms. The predicted octanol–water partition coefficient (Wildman–Crippen LogP) is 0.686. The molecule has 1 aromatic rings. The minimum absolute atomic E-state index is 0.168. The lowest BCUT2D eigenvalue weighted by atomic mass is 10.1. The smallest absolute Gasteiger partial charge is 0.184 e. The maximum Gasteiger partial charge on any atom is 0.184 e. The van der Waals surface area contributed by atoms with E-state index in [9.17, 15) is 0 Å². The Labute approximate surface area is 118 Å². The fourth-order valence-electron chi connectivity index (χ4n) is 1.97. The van der Waals surface area contributed by atoms with Gasteiger partial charge < -0.3 is 10.5 Å². The fourth-order valence-corrected chi connectivity index (χ4v) is 2.02. The van der Waals surface area contributed by atoms with E-state index in [1.165, 1.54) is 5.56 Å². The molecule has 5 nitrogen and oxygen atoms in total. The van der Waals surface area contributed by atoms with Gasteiger partial charge in [-0.1, -0.05) is 24.3 Å². The van der Waals surface area contributed by atoms with Crippen LogP contribution in [0.4, 0.5) is 0 Å². The number of nitrogens with one attached hydrogen (secondary N) is 1. The van der Waals surface area contributed by atoms with E-state index in [1.807, 2.05) is 18.2 Å². The summed E-state index contributed by atoms with van der Waals surface area (Å²) in [5.74, 6) is 0. The summed E-state index contributed by atoms with van der Waals surface area (Å²) in [5.41, 5.74) is 10.2. The summed E-state index contributed by atoms with van der Waals surface area (Å²) >= 11 is 4.71. The van der Waals surface area contributed by atoms with Gasteiger partial charge in [0.05, 0.1) is 19.4 Å². The SMILES string of the molecule is NC(=S)NN=Cc1ccccc1CN1CCOCC1. The highest BCUT2D eigenvalue weighted by atomic mass is 32.1. The van der Waals surface area contributed by atoms with E-state index < -0.39 is 0 Å². The summed E-state index contributed by atoms with van der Waals surface area (Å²) in [5, 5.41) is 4.18. The zero-order chi connectivity index (χ0) is 13.5. The van der Waals surface area contributed by atoms with Crippen LogP contribution in [0.1, 0.15) is 11.1 Å². The normalized spacial score (nSPS) is 16.6. The third-order valence-electron chi connectivity index (χ3n) is 2.93. The first-order valence-electron chi connectivity index (χ1n) is 6.22. The van der Waals surface area contributed by atoms with E-state index in [2.05, 4.69) is 21.5 Å². The van der Waals surface area contributed by atoms with Crippen LogP contribution in [0.15, 0.2) is 29.4 Å². The predicted molar refractivity (Wildman–Crippen MR) is 80.1 cm³/mol. The van der Waals surface area contributed by atoms with Crippen molar-refractivity contribution in [3.05, 3.63) is 35.4 Å². The number of nitrogens with two attached hydrogens (primary N) is 1. The highest BCUT2D eigenvalue weighted by Gasteiger charge is 2.11. The summed E-state index contributed by atoms with van der Waals surface area (Å²) in [7, 11) is 0. The van der Waals surface area contributed by atoms with Crippen LogP contribution >= 0.6 is 12.2 Å². The third kappa shape index (κ3) is 4.59. The zero-order valence-electron chi connectivity index (χ0n) is 10.7. The molecule has 0 saturated carbocycles. The molecule has 1 fully saturated rings. The first-order chi connectivity index (χ1) is 9.25. The van der Waals surface area contributed by atoms with Crippen LogP contribution < -0.4 is 11.2 Å². The van der Waals surface area contributed by atoms with Crippen LogP contribution in [0.5, 0.6) is 0 Å². The minimum atomic E-state index is 0.168. The van der Waals surface area contributed by atoms with E-state index in [0.717, 1.165) is 38.4 Å². The lowest BCUT2D eigenvalue weighted by molar-refractivity contribution is 0.0342. The van der Waals surface area contributed by atoms with Gasteiger partial charge in [-0.25, -0.2) is 0 Å². The Morgan fingerprint density at radius 3 is 2.89 bits per heavy atom. The molecular weight excluding hydrogens is 260 g/mol. The van der Waals surface area contributed by atoms with Crippen LogP contribution in [-0.2, 0) is 11.3 Å². The Morgan fingerprint density at radius 1 is 1.42 bits per heavy atom. The number of hydrazone groups is 1. The molecule has 1 saturated heterocycles. The molecule has 0 atom stereocenters. The summed E-state index contributed by atoms with van der Waals surface area (Å²) in [4.78, 5) is 2.37. The number of nitrogens with zero attached hydrogens (tertiary/aromatic N) is 2. The maximum atomic E-state index is 5.35. The Bertz CT molecular complexity index is 458. The molecule has 1 aliphatic heterocycles. The van der Waals surface area contributed by atoms with Crippen molar-refractivity contribution in [1.29, 1.82) is 0 Å². The van der Waals surface area contributed by atoms with Crippen LogP contribution in [0.25, 0.3) is 0 Å². The van der Waals surface area contributed by atoms with Crippen LogP contribution in [0.2, 0.25) is 0 Å². The second kappa shape index (κ2) is 7.18. The molecule has 0 amide bonds. The quantitative estimate of drug-likeness (QED) is 0.482. The van der Waals surface area contributed by atoms with Gasteiger partial charge in [0.1, 0.15) is 0 Å². The summed E-state index contributed by atoms with van der Waals surface area (Å²) < 4.78 is 5.35. The molecule has 1 aromatic carbocycles. The molecule has 6 heteroatoms. The summed E-state index contributed by atoms with van der Waals surface area (Å²) in [6.07, 6.45) is 1.74. The van der Waals surface area contributed by atoms with Gasteiger partial charge in [0.2, 0.25) is 0 Å². The Morgan fingerprint density at radius 2 is 2.16 bits per heavy atom. The van der Waals surface area contributed by atoms with Crippen molar-refractivity contribution in [2.75, 3.05) is 26.3 Å². The number of thiocarbonyl (C=S) groups is 1. The van der Waals surface area contributed by atoms with Gasteiger partial charge in [0, 0.05) is 19.6 Å². The molecule has 0 aromatic heterocycles. The van der Waals surface area contributed by atoms with Crippen molar-refractivity contribution in [2.45, 2.75) is 6.54 Å². The van der Waals surface area contributed by atoms with Gasteiger partial charge in [-0.05, 0) is 23.3 Å². The molecule has 0 radical (unpaired) electrons. The number of ether oxygens (including phenoxy) is 1. The number of rotatable bonds is 4. The molecule has 3 N–H and O–H groups in total. The van der Waals surface area contributed by atoms with Gasteiger partial charge in [-0.2, -0.15) is 5.10 Å². The highest BCUT2D eigenvalue weighted by molar-refractivity contribution is 7.80. The molecule has 2 rings (SSSR count). The van der Waals surface area contributed by atoms with E-state index in [1.54, 1.807) is 6.21 Å². The molecule has 1 heterocycles. The second-order valence-electron chi connectivity index (χ2n) is 4.32.